The van der Waals surface area contributed by atoms with Gasteiger partial charge >= 0.3 is 0 Å². The SMILES string of the molecule is CC(C)(C)Sc1nccnc1N. The van der Waals surface area contributed by atoms with E-state index in [2.05, 4.69) is 30.7 Å². The van der Waals surface area contributed by atoms with Crippen molar-refractivity contribution in [2.75, 3.05) is 5.73 Å². The Morgan fingerprint density at radius 3 is 2.33 bits per heavy atom. The molecular weight excluding hydrogens is 170 g/mol. The van der Waals surface area contributed by atoms with Crippen LogP contribution >= 0.6 is 11.8 Å². The highest BCUT2D eigenvalue weighted by Gasteiger charge is 2.14. The first-order chi connectivity index (χ1) is 5.49. The molecule has 1 heterocycles. The fourth-order valence-electron chi connectivity index (χ4n) is 0.705. The smallest absolute Gasteiger partial charge is 0.156 e. The first-order valence-electron chi connectivity index (χ1n) is 3.74. The number of nitrogens with zero attached hydrogens (tertiary/aromatic N) is 2. The van der Waals surface area contributed by atoms with Gasteiger partial charge in [0.2, 0.25) is 0 Å². The van der Waals surface area contributed by atoms with Crippen molar-refractivity contribution in [3.8, 4) is 0 Å². The molecule has 0 saturated carbocycles. The summed E-state index contributed by atoms with van der Waals surface area (Å²) in [5, 5.41) is 0.810. The van der Waals surface area contributed by atoms with E-state index in [0.717, 1.165) is 5.03 Å². The number of anilines is 1. The zero-order valence-corrected chi connectivity index (χ0v) is 8.35. The molecule has 1 aromatic heterocycles. The second kappa shape index (κ2) is 3.31. The molecule has 4 heteroatoms. The molecule has 0 aromatic carbocycles. The Labute approximate surface area is 76.8 Å². The van der Waals surface area contributed by atoms with Gasteiger partial charge in [-0.15, -0.1) is 0 Å². The van der Waals surface area contributed by atoms with E-state index in [1.54, 1.807) is 24.2 Å². The minimum atomic E-state index is 0.129. The van der Waals surface area contributed by atoms with Gasteiger partial charge in [0.1, 0.15) is 5.03 Å². The molecule has 0 radical (unpaired) electrons. The number of nitrogen functional groups attached to an aromatic ring is 1. The van der Waals surface area contributed by atoms with Crippen LogP contribution in [0.2, 0.25) is 0 Å². The first kappa shape index (κ1) is 9.32. The molecule has 0 aliphatic rings. The summed E-state index contributed by atoms with van der Waals surface area (Å²) in [6, 6.07) is 0. The van der Waals surface area contributed by atoms with Crippen LogP contribution in [0.1, 0.15) is 20.8 Å². The van der Waals surface area contributed by atoms with Crippen LogP contribution < -0.4 is 5.73 Å². The van der Waals surface area contributed by atoms with E-state index in [1.807, 2.05) is 0 Å². The Morgan fingerprint density at radius 2 is 1.83 bits per heavy atom. The molecule has 1 aromatic rings. The quantitative estimate of drug-likeness (QED) is 0.676. The number of nitrogens with two attached hydrogens (primary N) is 1. The molecule has 66 valence electrons. The lowest BCUT2D eigenvalue weighted by molar-refractivity contribution is 0.798. The van der Waals surface area contributed by atoms with E-state index in [9.17, 15) is 0 Å². The maximum absolute atomic E-state index is 5.63. The third kappa shape index (κ3) is 2.70. The fourth-order valence-corrected chi connectivity index (χ4v) is 1.56. The molecule has 0 aliphatic carbocycles. The second-order valence-electron chi connectivity index (χ2n) is 3.46. The average Bonchev–Trinajstić information content (AvgIpc) is 1.91. The monoisotopic (exact) mass is 183 g/mol. The Kier molecular flexibility index (Phi) is 2.57. The molecule has 3 nitrogen and oxygen atoms in total. The van der Waals surface area contributed by atoms with Crippen LogP contribution in [0.3, 0.4) is 0 Å². The maximum atomic E-state index is 5.63. The molecule has 2 N–H and O–H groups in total. The summed E-state index contributed by atoms with van der Waals surface area (Å²) in [6.45, 7) is 6.35. The van der Waals surface area contributed by atoms with Crippen LogP contribution in [0.4, 0.5) is 5.82 Å². The van der Waals surface area contributed by atoms with Crippen LogP contribution in [0.5, 0.6) is 0 Å². The van der Waals surface area contributed by atoms with E-state index in [4.69, 9.17) is 5.73 Å². The van der Waals surface area contributed by atoms with E-state index in [1.165, 1.54) is 0 Å². The topological polar surface area (TPSA) is 51.8 Å². The summed E-state index contributed by atoms with van der Waals surface area (Å²) >= 11 is 1.63. The molecule has 1 rings (SSSR count). The van der Waals surface area contributed by atoms with Crippen LogP contribution in [-0.4, -0.2) is 14.7 Å². The lowest BCUT2D eigenvalue weighted by Crippen LogP contribution is -2.08. The van der Waals surface area contributed by atoms with Crippen molar-refractivity contribution in [1.82, 2.24) is 9.97 Å². The Balaban J connectivity index is 2.83. The minimum Gasteiger partial charge on any atom is -0.381 e. The van der Waals surface area contributed by atoms with Crippen molar-refractivity contribution < 1.29 is 0 Å². The highest BCUT2D eigenvalue weighted by atomic mass is 32.2. The third-order valence-corrected chi connectivity index (χ3v) is 2.21. The minimum absolute atomic E-state index is 0.129. The number of hydrogen-bond donors (Lipinski definition) is 1. The first-order valence-corrected chi connectivity index (χ1v) is 4.56. The van der Waals surface area contributed by atoms with Crippen LogP contribution in [0.15, 0.2) is 17.4 Å². The van der Waals surface area contributed by atoms with Crippen molar-refractivity contribution in [1.29, 1.82) is 0 Å². The van der Waals surface area contributed by atoms with Gasteiger partial charge in [-0.2, -0.15) is 0 Å². The zero-order valence-electron chi connectivity index (χ0n) is 7.53. The van der Waals surface area contributed by atoms with Gasteiger partial charge in [0.15, 0.2) is 5.82 Å². The molecule has 0 bridgehead atoms. The summed E-state index contributed by atoms with van der Waals surface area (Å²) in [6.07, 6.45) is 3.26. The molecule has 0 amide bonds. The predicted molar refractivity (Wildman–Crippen MR) is 52.1 cm³/mol. The van der Waals surface area contributed by atoms with Gasteiger partial charge in [-0.05, 0) is 0 Å². The van der Waals surface area contributed by atoms with Crippen LogP contribution in [0, 0.1) is 0 Å². The van der Waals surface area contributed by atoms with Gasteiger partial charge in [-0.25, -0.2) is 9.97 Å². The molecular formula is C8H13N3S. The number of hydrogen-bond acceptors (Lipinski definition) is 4. The Morgan fingerprint density at radius 1 is 1.25 bits per heavy atom. The molecule has 0 atom stereocenters. The number of rotatable bonds is 1. The molecule has 12 heavy (non-hydrogen) atoms. The van der Waals surface area contributed by atoms with Crippen molar-refractivity contribution in [3.05, 3.63) is 12.4 Å². The third-order valence-electron chi connectivity index (χ3n) is 1.09. The van der Waals surface area contributed by atoms with E-state index in [0.29, 0.717) is 5.82 Å². The Hall–Kier alpha value is -0.770. The van der Waals surface area contributed by atoms with Crippen LogP contribution in [-0.2, 0) is 0 Å². The normalized spacial score (nSPS) is 11.6. The summed E-state index contributed by atoms with van der Waals surface area (Å²) in [4.78, 5) is 8.10. The standard InChI is InChI=1S/C8H13N3S/c1-8(2,3)12-7-6(9)10-4-5-11-7/h4-5H,1-3H3,(H2,9,10). The summed E-state index contributed by atoms with van der Waals surface area (Å²) in [5.41, 5.74) is 5.63. The van der Waals surface area contributed by atoms with Gasteiger partial charge in [0.25, 0.3) is 0 Å². The lowest BCUT2D eigenvalue weighted by atomic mass is 10.3. The molecule has 0 aliphatic heterocycles. The van der Waals surface area contributed by atoms with Crippen molar-refractivity contribution in [3.63, 3.8) is 0 Å². The van der Waals surface area contributed by atoms with E-state index >= 15 is 0 Å². The largest absolute Gasteiger partial charge is 0.381 e. The van der Waals surface area contributed by atoms with Gasteiger partial charge in [-0.1, -0.05) is 32.5 Å². The van der Waals surface area contributed by atoms with Gasteiger partial charge in [0.05, 0.1) is 0 Å². The van der Waals surface area contributed by atoms with E-state index in [-0.39, 0.29) is 4.75 Å². The summed E-state index contributed by atoms with van der Waals surface area (Å²) < 4.78 is 0.129. The average molecular weight is 183 g/mol. The van der Waals surface area contributed by atoms with E-state index < -0.39 is 0 Å². The zero-order chi connectivity index (χ0) is 9.19. The van der Waals surface area contributed by atoms with Crippen molar-refractivity contribution in [2.24, 2.45) is 0 Å². The van der Waals surface area contributed by atoms with Crippen molar-refractivity contribution in [2.45, 2.75) is 30.5 Å². The molecule has 0 fully saturated rings. The van der Waals surface area contributed by atoms with Crippen molar-refractivity contribution >= 4 is 17.6 Å². The maximum Gasteiger partial charge on any atom is 0.156 e. The second-order valence-corrected chi connectivity index (χ2v) is 5.28. The predicted octanol–water partition coefficient (Wildman–Crippen LogP) is 1.95. The van der Waals surface area contributed by atoms with Gasteiger partial charge in [-0.3, -0.25) is 0 Å². The molecule has 0 saturated heterocycles. The highest BCUT2D eigenvalue weighted by Crippen LogP contribution is 2.32. The highest BCUT2D eigenvalue weighted by molar-refractivity contribution is 8.00. The van der Waals surface area contributed by atoms with Crippen LogP contribution in [0.25, 0.3) is 0 Å². The summed E-state index contributed by atoms with van der Waals surface area (Å²) in [7, 11) is 0. The number of thioether (sulfide) groups is 1. The fraction of sp³-hybridized carbons (Fsp3) is 0.500. The van der Waals surface area contributed by atoms with Gasteiger partial charge in [0, 0.05) is 17.1 Å². The Bertz CT molecular complexity index is 267. The summed E-state index contributed by atoms with van der Waals surface area (Å²) in [5.74, 6) is 0.512. The lowest BCUT2D eigenvalue weighted by Gasteiger charge is -2.16. The molecule has 0 spiro atoms. The van der Waals surface area contributed by atoms with Gasteiger partial charge < -0.3 is 5.73 Å². The molecule has 0 unspecified atom stereocenters. The number of aromatic nitrogens is 2.